The first-order chi connectivity index (χ1) is 6.40. The zero-order chi connectivity index (χ0) is 10.8. The second-order valence-corrected chi connectivity index (χ2v) is 4.37. The Kier molecular flexibility index (Phi) is 2.76. The quantitative estimate of drug-likeness (QED) is 0.738. The minimum atomic E-state index is -0.0342. The van der Waals surface area contributed by atoms with Gasteiger partial charge in [-0.05, 0) is 39.8 Å². The first-order valence-corrected chi connectivity index (χ1v) is 4.58. The SMILES string of the molecule is Cc1cc(C#N)cc(NC(C)(C)C)n1. The van der Waals surface area contributed by atoms with Crippen molar-refractivity contribution < 1.29 is 0 Å². The normalized spacial score (nSPS) is 10.8. The van der Waals surface area contributed by atoms with Crippen LogP contribution in [0.1, 0.15) is 32.0 Å². The molecule has 0 unspecified atom stereocenters. The fourth-order valence-electron chi connectivity index (χ4n) is 1.18. The van der Waals surface area contributed by atoms with Gasteiger partial charge in [0.25, 0.3) is 0 Å². The average molecular weight is 189 g/mol. The number of anilines is 1. The molecule has 14 heavy (non-hydrogen) atoms. The van der Waals surface area contributed by atoms with E-state index in [2.05, 4.69) is 37.1 Å². The van der Waals surface area contributed by atoms with E-state index in [4.69, 9.17) is 5.26 Å². The number of rotatable bonds is 1. The Labute approximate surface area is 84.8 Å². The molecule has 0 saturated heterocycles. The van der Waals surface area contributed by atoms with Crippen LogP contribution in [-0.2, 0) is 0 Å². The highest BCUT2D eigenvalue weighted by atomic mass is 15.0. The standard InChI is InChI=1S/C11H15N3/c1-8-5-9(7-12)6-10(13-8)14-11(2,3)4/h5-6H,1-4H3,(H,13,14). The Balaban J connectivity index is 3.00. The van der Waals surface area contributed by atoms with Gasteiger partial charge in [-0.1, -0.05) is 0 Å². The van der Waals surface area contributed by atoms with Crippen LogP contribution in [0.15, 0.2) is 12.1 Å². The lowest BCUT2D eigenvalue weighted by Crippen LogP contribution is -2.26. The van der Waals surface area contributed by atoms with E-state index in [0.717, 1.165) is 11.5 Å². The molecule has 1 heterocycles. The van der Waals surface area contributed by atoms with Gasteiger partial charge in [0.15, 0.2) is 0 Å². The van der Waals surface area contributed by atoms with E-state index in [0.29, 0.717) is 5.56 Å². The summed E-state index contributed by atoms with van der Waals surface area (Å²) < 4.78 is 0. The van der Waals surface area contributed by atoms with Gasteiger partial charge in [0.1, 0.15) is 5.82 Å². The summed E-state index contributed by atoms with van der Waals surface area (Å²) in [5, 5.41) is 12.0. The minimum absolute atomic E-state index is 0.0342. The van der Waals surface area contributed by atoms with Crippen molar-refractivity contribution in [3.05, 3.63) is 23.4 Å². The number of nitrogens with zero attached hydrogens (tertiary/aromatic N) is 2. The van der Waals surface area contributed by atoms with Crippen LogP contribution in [0, 0.1) is 18.3 Å². The van der Waals surface area contributed by atoms with Gasteiger partial charge in [0, 0.05) is 11.2 Å². The fourth-order valence-corrected chi connectivity index (χ4v) is 1.18. The molecule has 0 spiro atoms. The van der Waals surface area contributed by atoms with Gasteiger partial charge in [-0.15, -0.1) is 0 Å². The van der Waals surface area contributed by atoms with E-state index >= 15 is 0 Å². The molecule has 0 aliphatic rings. The molecule has 0 amide bonds. The summed E-state index contributed by atoms with van der Waals surface area (Å²) in [5.74, 6) is 0.758. The Bertz CT molecular complexity index is 369. The van der Waals surface area contributed by atoms with Crippen molar-refractivity contribution >= 4 is 5.82 Å². The van der Waals surface area contributed by atoms with Crippen LogP contribution in [0.4, 0.5) is 5.82 Å². The molecule has 0 saturated carbocycles. The zero-order valence-corrected chi connectivity index (χ0v) is 9.05. The van der Waals surface area contributed by atoms with Crippen molar-refractivity contribution in [2.45, 2.75) is 33.2 Å². The first-order valence-electron chi connectivity index (χ1n) is 4.58. The monoisotopic (exact) mass is 189 g/mol. The number of hydrogen-bond acceptors (Lipinski definition) is 3. The Morgan fingerprint density at radius 3 is 2.50 bits per heavy atom. The van der Waals surface area contributed by atoms with Crippen molar-refractivity contribution in [2.24, 2.45) is 0 Å². The van der Waals surface area contributed by atoms with Crippen LogP contribution in [0.3, 0.4) is 0 Å². The van der Waals surface area contributed by atoms with Crippen LogP contribution in [-0.4, -0.2) is 10.5 Å². The number of pyridine rings is 1. The lowest BCUT2D eigenvalue weighted by atomic mass is 10.1. The Hall–Kier alpha value is -1.56. The van der Waals surface area contributed by atoms with Crippen LogP contribution >= 0.6 is 0 Å². The minimum Gasteiger partial charge on any atom is -0.365 e. The molecule has 3 heteroatoms. The van der Waals surface area contributed by atoms with Crippen LogP contribution in [0.2, 0.25) is 0 Å². The van der Waals surface area contributed by atoms with Gasteiger partial charge in [-0.3, -0.25) is 0 Å². The molecule has 0 atom stereocenters. The second kappa shape index (κ2) is 3.67. The highest BCUT2D eigenvalue weighted by Crippen LogP contribution is 2.14. The molecule has 1 aromatic heterocycles. The zero-order valence-electron chi connectivity index (χ0n) is 9.05. The fraction of sp³-hybridized carbons (Fsp3) is 0.455. The van der Waals surface area contributed by atoms with E-state index in [1.54, 1.807) is 12.1 Å². The number of aryl methyl sites for hydroxylation is 1. The van der Waals surface area contributed by atoms with Crippen molar-refractivity contribution in [3.8, 4) is 6.07 Å². The molecule has 0 fully saturated rings. The predicted molar refractivity (Wildman–Crippen MR) is 57.1 cm³/mol. The topological polar surface area (TPSA) is 48.7 Å². The second-order valence-electron chi connectivity index (χ2n) is 4.37. The maximum absolute atomic E-state index is 8.78. The largest absolute Gasteiger partial charge is 0.365 e. The Morgan fingerprint density at radius 2 is 2.00 bits per heavy atom. The van der Waals surface area contributed by atoms with Gasteiger partial charge in [0.05, 0.1) is 11.6 Å². The van der Waals surface area contributed by atoms with E-state index < -0.39 is 0 Å². The molecule has 0 aliphatic carbocycles. The van der Waals surface area contributed by atoms with Crippen LogP contribution in [0.25, 0.3) is 0 Å². The maximum atomic E-state index is 8.78. The smallest absolute Gasteiger partial charge is 0.127 e. The number of aromatic nitrogens is 1. The lowest BCUT2D eigenvalue weighted by Gasteiger charge is -2.21. The molecule has 1 rings (SSSR count). The van der Waals surface area contributed by atoms with Crippen molar-refractivity contribution in [1.29, 1.82) is 5.26 Å². The number of nitrogens with one attached hydrogen (secondary N) is 1. The van der Waals surface area contributed by atoms with Crippen molar-refractivity contribution in [1.82, 2.24) is 4.98 Å². The number of hydrogen-bond donors (Lipinski definition) is 1. The summed E-state index contributed by atoms with van der Waals surface area (Å²) in [6.45, 7) is 8.06. The molecule has 1 aromatic rings. The van der Waals surface area contributed by atoms with Crippen LogP contribution < -0.4 is 5.32 Å². The summed E-state index contributed by atoms with van der Waals surface area (Å²) in [7, 11) is 0. The molecule has 0 aromatic carbocycles. The lowest BCUT2D eigenvalue weighted by molar-refractivity contribution is 0.630. The van der Waals surface area contributed by atoms with Gasteiger partial charge >= 0.3 is 0 Å². The van der Waals surface area contributed by atoms with Gasteiger partial charge < -0.3 is 5.32 Å². The highest BCUT2D eigenvalue weighted by Gasteiger charge is 2.10. The molecule has 0 radical (unpaired) electrons. The predicted octanol–water partition coefficient (Wildman–Crippen LogP) is 2.47. The molecular weight excluding hydrogens is 174 g/mol. The molecule has 1 N–H and O–H groups in total. The third-order valence-electron chi connectivity index (χ3n) is 1.59. The van der Waals surface area contributed by atoms with E-state index in [9.17, 15) is 0 Å². The van der Waals surface area contributed by atoms with Gasteiger partial charge in [-0.25, -0.2) is 4.98 Å². The summed E-state index contributed by atoms with van der Waals surface area (Å²) in [6, 6.07) is 5.65. The van der Waals surface area contributed by atoms with Gasteiger partial charge in [-0.2, -0.15) is 5.26 Å². The molecule has 74 valence electrons. The summed E-state index contributed by atoms with van der Waals surface area (Å²) >= 11 is 0. The van der Waals surface area contributed by atoms with E-state index in [-0.39, 0.29) is 5.54 Å². The summed E-state index contributed by atoms with van der Waals surface area (Å²) in [4.78, 5) is 4.30. The molecule has 3 nitrogen and oxygen atoms in total. The third kappa shape index (κ3) is 3.06. The van der Waals surface area contributed by atoms with Crippen molar-refractivity contribution in [3.63, 3.8) is 0 Å². The number of nitriles is 1. The average Bonchev–Trinajstić information content (AvgIpc) is 1.99. The highest BCUT2D eigenvalue weighted by molar-refractivity contribution is 5.45. The molecule has 0 bridgehead atoms. The Morgan fingerprint density at radius 1 is 1.36 bits per heavy atom. The van der Waals surface area contributed by atoms with Crippen LogP contribution in [0.5, 0.6) is 0 Å². The molecular formula is C11H15N3. The summed E-state index contributed by atoms with van der Waals surface area (Å²) in [5.41, 5.74) is 1.47. The van der Waals surface area contributed by atoms with Gasteiger partial charge in [0.2, 0.25) is 0 Å². The third-order valence-corrected chi connectivity index (χ3v) is 1.59. The first kappa shape index (κ1) is 10.5. The summed E-state index contributed by atoms with van der Waals surface area (Å²) in [6.07, 6.45) is 0. The van der Waals surface area contributed by atoms with Crippen molar-refractivity contribution in [2.75, 3.05) is 5.32 Å². The van der Waals surface area contributed by atoms with E-state index in [1.165, 1.54) is 0 Å². The maximum Gasteiger partial charge on any atom is 0.127 e. The molecule has 0 aliphatic heterocycles. The van der Waals surface area contributed by atoms with E-state index in [1.807, 2.05) is 6.92 Å².